The fourth-order valence-electron chi connectivity index (χ4n) is 3.90. The number of aliphatic hydroxyl groups excluding tert-OH is 4. The Labute approximate surface area is 184 Å². The number of aliphatic hydroxyl groups is 4. The van der Waals surface area contributed by atoms with Crippen molar-refractivity contribution in [1.82, 2.24) is 0 Å². The number of hydrogen-bond acceptors (Lipinski definition) is 8. The minimum Gasteiger partial charge on any atom is -0.422 e. The molecule has 1 aromatic heterocycles. The van der Waals surface area contributed by atoms with E-state index in [1.165, 1.54) is 30.3 Å². The summed E-state index contributed by atoms with van der Waals surface area (Å²) in [5.74, 6) is 0. The molecule has 0 amide bonds. The molecule has 2 aromatic carbocycles. The molecule has 0 spiro atoms. The molecule has 1 aliphatic heterocycles. The molecule has 5 N–H and O–H groups in total. The molecule has 0 aliphatic carbocycles. The quantitative estimate of drug-likeness (QED) is 0.367. The average molecular weight is 467 g/mol. The lowest BCUT2D eigenvalue weighted by atomic mass is 9.96. The SMILES string of the molecule is O=c1oc2cc(NC3[C@@H](O)OC(CO)[C@H](O)[C@H]3O)ccc2c(C(F)(F)F)c1-c1ccccc1. The summed E-state index contributed by atoms with van der Waals surface area (Å²) in [6.07, 6.45) is -10.8. The molecule has 2 unspecified atom stereocenters. The van der Waals surface area contributed by atoms with Gasteiger partial charge in [-0.2, -0.15) is 13.2 Å². The maximum absolute atomic E-state index is 14.0. The van der Waals surface area contributed by atoms with E-state index in [1.807, 2.05) is 0 Å². The zero-order chi connectivity index (χ0) is 23.9. The molecule has 4 rings (SSSR count). The first-order valence-corrected chi connectivity index (χ1v) is 9.92. The third-order valence-corrected chi connectivity index (χ3v) is 5.49. The van der Waals surface area contributed by atoms with Crippen LogP contribution in [0.5, 0.6) is 0 Å². The molecule has 5 atom stereocenters. The molecule has 8 nitrogen and oxygen atoms in total. The van der Waals surface area contributed by atoms with Crippen molar-refractivity contribution in [1.29, 1.82) is 0 Å². The molecule has 2 heterocycles. The van der Waals surface area contributed by atoms with Gasteiger partial charge in [0.05, 0.1) is 17.7 Å². The number of anilines is 1. The van der Waals surface area contributed by atoms with Crippen LogP contribution in [0.2, 0.25) is 0 Å². The monoisotopic (exact) mass is 467 g/mol. The minimum atomic E-state index is -4.86. The van der Waals surface area contributed by atoms with Gasteiger partial charge in [-0.3, -0.25) is 0 Å². The van der Waals surface area contributed by atoms with E-state index in [-0.39, 0.29) is 22.2 Å². The molecule has 0 saturated carbocycles. The van der Waals surface area contributed by atoms with E-state index < -0.39 is 60.2 Å². The molecule has 33 heavy (non-hydrogen) atoms. The molecule has 3 aromatic rings. The van der Waals surface area contributed by atoms with Crippen molar-refractivity contribution in [2.75, 3.05) is 11.9 Å². The third kappa shape index (κ3) is 4.33. The fourth-order valence-corrected chi connectivity index (χ4v) is 3.90. The fraction of sp³-hybridized carbons (Fsp3) is 0.318. The Kier molecular flexibility index (Phi) is 6.16. The van der Waals surface area contributed by atoms with Crippen LogP contribution in [0.25, 0.3) is 22.1 Å². The van der Waals surface area contributed by atoms with E-state index in [4.69, 9.17) is 14.3 Å². The van der Waals surface area contributed by atoms with Gasteiger partial charge in [-0.15, -0.1) is 0 Å². The van der Waals surface area contributed by atoms with E-state index in [2.05, 4.69) is 5.32 Å². The van der Waals surface area contributed by atoms with Gasteiger partial charge in [-0.05, 0) is 17.7 Å². The minimum absolute atomic E-state index is 0.0562. The molecule has 1 saturated heterocycles. The molecule has 11 heteroatoms. The number of fused-ring (bicyclic) bond motifs is 1. The molecule has 1 fully saturated rings. The van der Waals surface area contributed by atoms with Gasteiger partial charge in [-0.1, -0.05) is 30.3 Å². The summed E-state index contributed by atoms with van der Waals surface area (Å²) in [4.78, 5) is 12.6. The van der Waals surface area contributed by atoms with Gasteiger partial charge < -0.3 is 34.9 Å². The Balaban J connectivity index is 1.77. The van der Waals surface area contributed by atoms with E-state index in [9.17, 15) is 33.3 Å². The molecule has 176 valence electrons. The van der Waals surface area contributed by atoms with Crippen molar-refractivity contribution in [2.24, 2.45) is 0 Å². The Morgan fingerprint density at radius 2 is 1.70 bits per heavy atom. The van der Waals surface area contributed by atoms with Crippen LogP contribution < -0.4 is 10.9 Å². The van der Waals surface area contributed by atoms with Crippen LogP contribution in [0, 0.1) is 0 Å². The normalized spacial score (nSPS) is 25.8. The highest BCUT2D eigenvalue weighted by molar-refractivity contribution is 5.89. The number of ether oxygens (including phenoxy) is 1. The van der Waals surface area contributed by atoms with E-state index in [0.29, 0.717) is 0 Å². The van der Waals surface area contributed by atoms with Gasteiger partial charge >= 0.3 is 11.8 Å². The van der Waals surface area contributed by atoms with Crippen LogP contribution in [0.1, 0.15) is 5.56 Å². The molecule has 1 aliphatic rings. The van der Waals surface area contributed by atoms with Crippen LogP contribution in [0.4, 0.5) is 18.9 Å². The van der Waals surface area contributed by atoms with Crippen LogP contribution in [-0.4, -0.2) is 57.7 Å². The summed E-state index contributed by atoms with van der Waals surface area (Å²) in [5.41, 5.74) is -3.16. The summed E-state index contributed by atoms with van der Waals surface area (Å²) in [5, 5.41) is 41.8. The maximum atomic E-state index is 14.0. The van der Waals surface area contributed by atoms with Crippen molar-refractivity contribution < 1.29 is 42.8 Å². The van der Waals surface area contributed by atoms with Crippen molar-refractivity contribution in [2.45, 2.75) is 36.8 Å². The zero-order valence-electron chi connectivity index (χ0n) is 16.9. The summed E-state index contributed by atoms with van der Waals surface area (Å²) < 4.78 is 52.3. The lowest BCUT2D eigenvalue weighted by Gasteiger charge is -2.40. The average Bonchev–Trinajstić information content (AvgIpc) is 2.78. The standard InChI is InChI=1S/C22H20F3NO7/c23-22(24,25)16-12-7-6-11(26-17-19(29)18(28)14(9-27)33-21(17)31)8-13(12)32-20(30)15(16)10-4-2-1-3-5-10/h1-8,14,17-19,21,26-29,31H,9H2/t14?,17?,18-,19-,21-/m0/s1. The van der Waals surface area contributed by atoms with Crippen molar-refractivity contribution in [3.63, 3.8) is 0 Å². The highest BCUT2D eigenvalue weighted by Crippen LogP contribution is 2.40. The van der Waals surface area contributed by atoms with E-state index in [1.54, 1.807) is 6.07 Å². The first kappa shape index (κ1) is 23.2. The first-order valence-electron chi connectivity index (χ1n) is 9.92. The summed E-state index contributed by atoms with van der Waals surface area (Å²) in [6.45, 7) is -0.646. The number of hydrogen-bond donors (Lipinski definition) is 5. The Bertz CT molecular complexity index is 1200. The van der Waals surface area contributed by atoms with Crippen LogP contribution >= 0.6 is 0 Å². The van der Waals surface area contributed by atoms with Gasteiger partial charge in [0.15, 0.2) is 6.29 Å². The Hall–Kier alpha value is -2.96. The first-order chi connectivity index (χ1) is 15.6. The highest BCUT2D eigenvalue weighted by atomic mass is 19.4. The van der Waals surface area contributed by atoms with Gasteiger partial charge in [0, 0.05) is 17.1 Å². The maximum Gasteiger partial charge on any atom is 0.417 e. The lowest BCUT2D eigenvalue weighted by Crippen LogP contribution is -2.61. The molecular weight excluding hydrogens is 447 g/mol. The number of alkyl halides is 3. The number of benzene rings is 2. The topological polar surface area (TPSA) is 132 Å². The van der Waals surface area contributed by atoms with Gasteiger partial charge in [0.2, 0.25) is 0 Å². The third-order valence-electron chi connectivity index (χ3n) is 5.49. The number of rotatable bonds is 4. The second-order valence-electron chi connectivity index (χ2n) is 7.61. The second-order valence-corrected chi connectivity index (χ2v) is 7.61. The predicted molar refractivity (Wildman–Crippen MR) is 110 cm³/mol. The van der Waals surface area contributed by atoms with Crippen LogP contribution in [-0.2, 0) is 10.9 Å². The van der Waals surface area contributed by atoms with Crippen LogP contribution in [0.15, 0.2) is 57.7 Å². The second kappa shape index (κ2) is 8.76. The van der Waals surface area contributed by atoms with Crippen molar-refractivity contribution in [3.8, 4) is 11.1 Å². The van der Waals surface area contributed by atoms with Crippen molar-refractivity contribution >= 4 is 16.7 Å². The van der Waals surface area contributed by atoms with E-state index in [0.717, 1.165) is 12.1 Å². The predicted octanol–water partition coefficient (Wildman–Crippen LogP) is 1.69. The molecular formula is C22H20F3NO7. The van der Waals surface area contributed by atoms with Crippen LogP contribution in [0.3, 0.4) is 0 Å². The molecule has 0 bridgehead atoms. The molecule has 0 radical (unpaired) electrons. The van der Waals surface area contributed by atoms with Gasteiger partial charge in [0.25, 0.3) is 0 Å². The Morgan fingerprint density at radius 3 is 2.33 bits per heavy atom. The summed E-state index contributed by atoms with van der Waals surface area (Å²) in [6, 6.07) is 9.55. The van der Waals surface area contributed by atoms with Gasteiger partial charge in [0.1, 0.15) is 29.9 Å². The smallest absolute Gasteiger partial charge is 0.417 e. The largest absolute Gasteiger partial charge is 0.422 e. The zero-order valence-corrected chi connectivity index (χ0v) is 16.9. The van der Waals surface area contributed by atoms with Crippen molar-refractivity contribution in [3.05, 3.63) is 64.5 Å². The Morgan fingerprint density at radius 1 is 1.00 bits per heavy atom. The summed E-state index contributed by atoms with van der Waals surface area (Å²) in [7, 11) is 0. The number of halogens is 3. The summed E-state index contributed by atoms with van der Waals surface area (Å²) >= 11 is 0. The lowest BCUT2D eigenvalue weighted by molar-refractivity contribution is -0.245. The number of nitrogens with one attached hydrogen (secondary N) is 1. The highest BCUT2D eigenvalue weighted by Gasteiger charge is 2.44. The van der Waals surface area contributed by atoms with Gasteiger partial charge in [-0.25, -0.2) is 4.79 Å². The van der Waals surface area contributed by atoms with E-state index >= 15 is 0 Å².